The van der Waals surface area contributed by atoms with Crippen LogP contribution in [-0.2, 0) is 0 Å². The molecule has 3 heteroatoms. The molecule has 0 amide bonds. The van der Waals surface area contributed by atoms with Gasteiger partial charge < -0.3 is 10.2 Å². The van der Waals surface area contributed by atoms with Crippen LogP contribution in [0.3, 0.4) is 0 Å². The van der Waals surface area contributed by atoms with Crippen LogP contribution in [0.2, 0.25) is 0 Å². The van der Waals surface area contributed by atoms with Crippen molar-refractivity contribution in [2.75, 3.05) is 24.5 Å². The predicted octanol–water partition coefficient (Wildman–Crippen LogP) is 2.69. The van der Waals surface area contributed by atoms with Crippen molar-refractivity contribution in [1.82, 2.24) is 10.3 Å². The molecule has 0 saturated carbocycles. The first-order chi connectivity index (χ1) is 8.79. The Labute approximate surface area is 111 Å². The number of hydrogen-bond acceptors (Lipinski definition) is 3. The topological polar surface area (TPSA) is 28.2 Å². The summed E-state index contributed by atoms with van der Waals surface area (Å²) in [6.07, 6.45) is 7.52. The molecule has 1 fully saturated rings. The van der Waals surface area contributed by atoms with E-state index in [1.807, 2.05) is 12.4 Å². The summed E-state index contributed by atoms with van der Waals surface area (Å²) in [4.78, 5) is 6.54. The van der Waals surface area contributed by atoms with Gasteiger partial charge in [0.1, 0.15) is 0 Å². The number of anilines is 1. The van der Waals surface area contributed by atoms with E-state index in [0.717, 1.165) is 25.6 Å². The molecule has 1 N–H and O–H groups in total. The molecule has 0 aliphatic carbocycles. The third kappa shape index (κ3) is 3.70. The van der Waals surface area contributed by atoms with Crippen LogP contribution in [-0.4, -0.2) is 30.7 Å². The van der Waals surface area contributed by atoms with Crippen LogP contribution in [0.1, 0.15) is 33.1 Å². The second-order valence-electron chi connectivity index (χ2n) is 5.39. The van der Waals surface area contributed by atoms with Gasteiger partial charge in [0.15, 0.2) is 0 Å². The zero-order valence-corrected chi connectivity index (χ0v) is 11.6. The van der Waals surface area contributed by atoms with Crippen LogP contribution >= 0.6 is 0 Å². The molecule has 1 saturated heterocycles. The number of nitrogens with zero attached hydrogens (tertiary/aromatic N) is 2. The first-order valence-electron chi connectivity index (χ1n) is 7.18. The molecule has 3 nitrogen and oxygen atoms in total. The summed E-state index contributed by atoms with van der Waals surface area (Å²) in [5.41, 5.74) is 1.31. The number of piperidine rings is 1. The maximum atomic E-state index is 4.07. The Morgan fingerprint density at radius 3 is 2.61 bits per heavy atom. The van der Waals surface area contributed by atoms with E-state index < -0.39 is 0 Å². The molecule has 1 aliphatic heterocycles. The highest BCUT2D eigenvalue weighted by atomic mass is 15.1. The van der Waals surface area contributed by atoms with Gasteiger partial charge in [0.05, 0.1) is 0 Å². The standard InChI is InChI=1S/C15H25N3/c1-3-13(2)12-17-14-6-10-18(11-7-14)15-4-8-16-9-5-15/h4-5,8-9,13-14,17H,3,6-7,10-12H2,1-2H3. The Kier molecular flexibility index (Phi) is 5.00. The molecule has 18 heavy (non-hydrogen) atoms. The average Bonchev–Trinajstić information content (AvgIpc) is 2.46. The molecule has 2 rings (SSSR count). The summed E-state index contributed by atoms with van der Waals surface area (Å²) in [7, 11) is 0. The van der Waals surface area contributed by atoms with E-state index >= 15 is 0 Å². The van der Waals surface area contributed by atoms with Crippen molar-refractivity contribution in [3.8, 4) is 0 Å². The molecule has 1 atom stereocenters. The van der Waals surface area contributed by atoms with Crippen molar-refractivity contribution < 1.29 is 0 Å². The van der Waals surface area contributed by atoms with Gasteiger partial charge >= 0.3 is 0 Å². The van der Waals surface area contributed by atoms with Gasteiger partial charge in [0.2, 0.25) is 0 Å². The number of aromatic nitrogens is 1. The Hall–Kier alpha value is -1.09. The molecule has 100 valence electrons. The van der Waals surface area contributed by atoms with E-state index in [1.165, 1.54) is 24.9 Å². The Morgan fingerprint density at radius 2 is 2.00 bits per heavy atom. The minimum atomic E-state index is 0.706. The average molecular weight is 247 g/mol. The second kappa shape index (κ2) is 6.74. The fourth-order valence-corrected chi connectivity index (χ4v) is 2.41. The molecular formula is C15H25N3. The number of nitrogens with one attached hydrogen (secondary N) is 1. The summed E-state index contributed by atoms with van der Waals surface area (Å²) in [6, 6.07) is 4.91. The van der Waals surface area contributed by atoms with E-state index in [2.05, 4.69) is 41.2 Å². The maximum absolute atomic E-state index is 4.07. The van der Waals surface area contributed by atoms with E-state index in [1.54, 1.807) is 0 Å². The summed E-state index contributed by atoms with van der Waals surface area (Å²) in [5, 5.41) is 3.71. The highest BCUT2D eigenvalue weighted by molar-refractivity contribution is 5.44. The molecule has 1 aromatic rings. The zero-order valence-electron chi connectivity index (χ0n) is 11.6. The summed E-state index contributed by atoms with van der Waals surface area (Å²) >= 11 is 0. The van der Waals surface area contributed by atoms with Crippen molar-refractivity contribution in [2.24, 2.45) is 5.92 Å². The highest BCUT2D eigenvalue weighted by Crippen LogP contribution is 2.19. The number of rotatable bonds is 5. The normalized spacial score (nSPS) is 18.9. The second-order valence-corrected chi connectivity index (χ2v) is 5.39. The van der Waals surface area contributed by atoms with Crippen molar-refractivity contribution in [1.29, 1.82) is 0 Å². The first kappa shape index (κ1) is 13.3. The lowest BCUT2D eigenvalue weighted by Gasteiger charge is -2.34. The van der Waals surface area contributed by atoms with Gasteiger partial charge in [-0.15, -0.1) is 0 Å². The highest BCUT2D eigenvalue weighted by Gasteiger charge is 2.19. The molecular weight excluding hydrogens is 222 g/mol. The predicted molar refractivity (Wildman–Crippen MR) is 76.9 cm³/mol. The zero-order chi connectivity index (χ0) is 12.8. The van der Waals surface area contributed by atoms with Gasteiger partial charge in [-0.3, -0.25) is 4.98 Å². The molecule has 0 bridgehead atoms. The van der Waals surface area contributed by atoms with Crippen molar-refractivity contribution in [3.63, 3.8) is 0 Å². The number of hydrogen-bond donors (Lipinski definition) is 1. The fourth-order valence-electron chi connectivity index (χ4n) is 2.41. The molecule has 0 spiro atoms. The van der Waals surface area contributed by atoms with E-state index in [0.29, 0.717) is 6.04 Å². The van der Waals surface area contributed by atoms with E-state index in [4.69, 9.17) is 0 Å². The van der Waals surface area contributed by atoms with Gasteiger partial charge in [0.25, 0.3) is 0 Å². The van der Waals surface area contributed by atoms with Gasteiger partial charge in [-0.05, 0) is 37.4 Å². The van der Waals surface area contributed by atoms with E-state index in [-0.39, 0.29) is 0 Å². The maximum Gasteiger partial charge on any atom is 0.0397 e. The third-order valence-corrected chi connectivity index (χ3v) is 3.97. The SMILES string of the molecule is CCC(C)CNC1CCN(c2ccncc2)CC1. The number of pyridine rings is 1. The first-order valence-corrected chi connectivity index (χ1v) is 7.18. The minimum absolute atomic E-state index is 0.706. The Bertz CT molecular complexity index is 331. The van der Waals surface area contributed by atoms with Crippen molar-refractivity contribution >= 4 is 5.69 Å². The summed E-state index contributed by atoms with van der Waals surface area (Å²) in [5.74, 6) is 0.795. The quantitative estimate of drug-likeness (QED) is 0.867. The Balaban J connectivity index is 1.75. The van der Waals surface area contributed by atoms with E-state index in [9.17, 15) is 0 Å². The largest absolute Gasteiger partial charge is 0.371 e. The minimum Gasteiger partial charge on any atom is -0.371 e. The third-order valence-electron chi connectivity index (χ3n) is 3.97. The van der Waals surface area contributed by atoms with Gasteiger partial charge in [-0.25, -0.2) is 0 Å². The molecule has 1 unspecified atom stereocenters. The van der Waals surface area contributed by atoms with Gasteiger partial charge in [-0.1, -0.05) is 20.3 Å². The van der Waals surface area contributed by atoms with Crippen LogP contribution in [0.15, 0.2) is 24.5 Å². The van der Waals surface area contributed by atoms with Gasteiger partial charge in [-0.2, -0.15) is 0 Å². The monoisotopic (exact) mass is 247 g/mol. The fraction of sp³-hybridized carbons (Fsp3) is 0.667. The molecule has 2 heterocycles. The Morgan fingerprint density at radius 1 is 1.33 bits per heavy atom. The smallest absolute Gasteiger partial charge is 0.0397 e. The molecule has 0 radical (unpaired) electrons. The van der Waals surface area contributed by atoms with Crippen molar-refractivity contribution in [3.05, 3.63) is 24.5 Å². The van der Waals surface area contributed by atoms with Gasteiger partial charge in [0, 0.05) is 37.2 Å². The molecule has 1 aromatic heterocycles. The summed E-state index contributed by atoms with van der Waals surface area (Å²) in [6.45, 7) is 8.05. The lowest BCUT2D eigenvalue weighted by atomic mass is 10.0. The lowest BCUT2D eigenvalue weighted by Crippen LogP contribution is -2.43. The van der Waals surface area contributed by atoms with Crippen LogP contribution in [0.4, 0.5) is 5.69 Å². The molecule has 0 aromatic carbocycles. The van der Waals surface area contributed by atoms with Crippen LogP contribution in [0.25, 0.3) is 0 Å². The van der Waals surface area contributed by atoms with Crippen LogP contribution in [0, 0.1) is 5.92 Å². The van der Waals surface area contributed by atoms with Crippen LogP contribution in [0.5, 0.6) is 0 Å². The van der Waals surface area contributed by atoms with Crippen molar-refractivity contribution in [2.45, 2.75) is 39.2 Å². The lowest BCUT2D eigenvalue weighted by molar-refractivity contribution is 0.380. The molecule has 1 aliphatic rings. The van der Waals surface area contributed by atoms with Crippen LogP contribution < -0.4 is 10.2 Å². The summed E-state index contributed by atoms with van der Waals surface area (Å²) < 4.78 is 0.